The summed E-state index contributed by atoms with van der Waals surface area (Å²) in [7, 11) is 0. The smallest absolute Gasteiger partial charge is 0.174 e. The van der Waals surface area contributed by atoms with Crippen molar-refractivity contribution in [2.24, 2.45) is 0 Å². The molecule has 150 valence electrons. The lowest BCUT2D eigenvalue weighted by molar-refractivity contribution is -0.325. The first-order valence-corrected chi connectivity index (χ1v) is 9.33. The van der Waals surface area contributed by atoms with Crippen LogP contribution in [0.15, 0.2) is 59.1 Å². The number of halogens is 1. The highest BCUT2D eigenvalue weighted by atomic mass is 19.1. The predicted octanol–water partition coefficient (Wildman–Crippen LogP) is 2.90. The van der Waals surface area contributed by atoms with Gasteiger partial charge in [-0.2, -0.15) is 0 Å². The molecule has 6 nitrogen and oxygen atoms in total. The fourth-order valence-electron chi connectivity index (χ4n) is 3.40. The van der Waals surface area contributed by atoms with Gasteiger partial charge in [0.05, 0.1) is 5.97 Å². The van der Waals surface area contributed by atoms with Crippen molar-refractivity contribution in [3.63, 3.8) is 0 Å². The second-order valence-electron chi connectivity index (χ2n) is 7.03. The van der Waals surface area contributed by atoms with E-state index in [0.717, 1.165) is 11.1 Å². The summed E-state index contributed by atoms with van der Waals surface area (Å²) in [6.45, 7) is 0.617. The fourth-order valence-corrected chi connectivity index (χ4v) is 3.40. The number of hydrogen-bond donors (Lipinski definition) is 0. The molecule has 3 aromatic rings. The maximum Gasteiger partial charge on any atom is 0.174 e. The number of rotatable bonds is 7. The fraction of sp³-hybridized carbons (Fsp3) is 0.273. The molecule has 0 unspecified atom stereocenters. The molecule has 29 heavy (non-hydrogen) atoms. The minimum atomic E-state index is -1.24. The van der Waals surface area contributed by atoms with Gasteiger partial charge in [0.2, 0.25) is 0 Å². The summed E-state index contributed by atoms with van der Waals surface area (Å²) in [5.74, 6) is -0.334. The van der Waals surface area contributed by atoms with E-state index in [9.17, 15) is 14.3 Å². The van der Waals surface area contributed by atoms with Crippen molar-refractivity contribution in [3.8, 4) is 17.0 Å². The van der Waals surface area contributed by atoms with E-state index in [-0.39, 0.29) is 18.8 Å². The molecule has 1 aromatic heterocycles. The number of carboxylic acid groups (broad SMARTS) is 1. The first-order valence-electron chi connectivity index (χ1n) is 9.33. The number of benzene rings is 2. The van der Waals surface area contributed by atoms with Crippen molar-refractivity contribution >= 4 is 5.97 Å². The topological polar surface area (TPSA) is 84.6 Å². The SMILES string of the molecule is O=C([O-])[C@]1(Cc2ccc(OCc3cc(-c4ccc(F)cc4)no3)cc2)CCCO1. The van der Waals surface area contributed by atoms with Crippen LogP contribution < -0.4 is 9.84 Å². The summed E-state index contributed by atoms with van der Waals surface area (Å²) < 4.78 is 29.4. The molecule has 1 fully saturated rings. The third kappa shape index (κ3) is 4.30. The quantitative estimate of drug-likeness (QED) is 0.611. The molecular formula is C22H19FNO5-. The summed E-state index contributed by atoms with van der Waals surface area (Å²) in [6, 6.07) is 14.9. The number of carboxylic acids is 1. The van der Waals surface area contributed by atoms with Crippen LogP contribution in [0, 0.1) is 5.82 Å². The third-order valence-electron chi connectivity index (χ3n) is 4.97. The normalized spacial score (nSPS) is 18.7. The van der Waals surface area contributed by atoms with E-state index < -0.39 is 11.6 Å². The van der Waals surface area contributed by atoms with Crippen LogP contribution in [0.2, 0.25) is 0 Å². The Hall–Kier alpha value is -3.19. The standard InChI is InChI=1S/C22H20FNO5/c23-17-6-4-16(5-7-17)20-12-19(29-24-20)14-27-18-8-2-15(3-9-18)13-22(21(25)26)10-1-11-28-22/h2-9,12H,1,10-11,13-14H2,(H,25,26)/p-1/t22-/m1/s1. The highest BCUT2D eigenvalue weighted by Crippen LogP contribution is 2.30. The monoisotopic (exact) mass is 396 g/mol. The van der Waals surface area contributed by atoms with Gasteiger partial charge < -0.3 is 23.9 Å². The summed E-state index contributed by atoms with van der Waals surface area (Å²) >= 11 is 0. The Kier molecular flexibility index (Phi) is 5.31. The number of carbonyl (C=O) groups is 1. The molecule has 1 aliphatic heterocycles. The van der Waals surface area contributed by atoms with E-state index in [1.54, 1.807) is 30.3 Å². The minimum Gasteiger partial charge on any atom is -0.547 e. The molecule has 0 amide bonds. The largest absolute Gasteiger partial charge is 0.547 e. The average molecular weight is 396 g/mol. The van der Waals surface area contributed by atoms with E-state index in [1.807, 2.05) is 12.1 Å². The van der Waals surface area contributed by atoms with E-state index in [0.29, 0.717) is 36.7 Å². The zero-order chi connectivity index (χ0) is 20.3. The number of carbonyl (C=O) groups excluding carboxylic acids is 1. The first kappa shape index (κ1) is 19.1. The molecule has 0 aliphatic carbocycles. The summed E-state index contributed by atoms with van der Waals surface area (Å²) in [6.07, 6.45) is 1.43. The van der Waals surface area contributed by atoms with Gasteiger partial charge in [0.25, 0.3) is 0 Å². The Morgan fingerprint density at radius 1 is 1.17 bits per heavy atom. The molecule has 0 N–H and O–H groups in total. The van der Waals surface area contributed by atoms with Gasteiger partial charge in [-0.05, 0) is 54.8 Å². The Bertz CT molecular complexity index is 975. The van der Waals surface area contributed by atoms with Gasteiger partial charge in [0.1, 0.15) is 29.5 Å². The lowest BCUT2D eigenvalue weighted by Gasteiger charge is -2.29. The van der Waals surface area contributed by atoms with Gasteiger partial charge in [0.15, 0.2) is 5.76 Å². The molecule has 1 atom stereocenters. The van der Waals surface area contributed by atoms with Gasteiger partial charge in [-0.25, -0.2) is 4.39 Å². The number of hydrogen-bond acceptors (Lipinski definition) is 6. The number of nitrogens with zero attached hydrogens (tertiary/aromatic N) is 1. The molecular weight excluding hydrogens is 377 g/mol. The highest BCUT2D eigenvalue weighted by Gasteiger charge is 2.36. The van der Waals surface area contributed by atoms with Crippen LogP contribution in [-0.2, 0) is 22.6 Å². The van der Waals surface area contributed by atoms with Crippen LogP contribution in [0.1, 0.15) is 24.2 Å². The molecule has 4 rings (SSSR count). The third-order valence-corrected chi connectivity index (χ3v) is 4.97. The van der Waals surface area contributed by atoms with E-state index >= 15 is 0 Å². The summed E-state index contributed by atoms with van der Waals surface area (Å²) in [5, 5.41) is 15.5. The Morgan fingerprint density at radius 2 is 1.93 bits per heavy atom. The Morgan fingerprint density at radius 3 is 2.59 bits per heavy atom. The second-order valence-corrected chi connectivity index (χ2v) is 7.03. The Labute approximate surface area is 166 Å². The van der Waals surface area contributed by atoms with Gasteiger partial charge in [-0.1, -0.05) is 17.3 Å². The van der Waals surface area contributed by atoms with Crippen molar-refractivity contribution in [3.05, 3.63) is 71.7 Å². The number of aliphatic carboxylic acids is 1. The molecule has 7 heteroatoms. The second kappa shape index (κ2) is 8.05. The minimum absolute atomic E-state index is 0.180. The van der Waals surface area contributed by atoms with Crippen molar-refractivity contribution in [2.75, 3.05) is 6.61 Å². The molecule has 2 heterocycles. The molecule has 1 saturated heterocycles. The zero-order valence-corrected chi connectivity index (χ0v) is 15.6. The van der Waals surface area contributed by atoms with E-state index in [1.165, 1.54) is 12.1 Å². The van der Waals surface area contributed by atoms with Crippen molar-refractivity contribution in [1.29, 1.82) is 0 Å². The van der Waals surface area contributed by atoms with Gasteiger partial charge >= 0.3 is 0 Å². The van der Waals surface area contributed by atoms with Crippen molar-refractivity contribution < 1.29 is 28.3 Å². The molecule has 2 aromatic carbocycles. The maximum atomic E-state index is 13.0. The van der Waals surface area contributed by atoms with E-state index in [4.69, 9.17) is 14.0 Å². The van der Waals surface area contributed by atoms with Gasteiger partial charge in [0, 0.05) is 24.7 Å². The zero-order valence-electron chi connectivity index (χ0n) is 15.6. The molecule has 0 spiro atoms. The Balaban J connectivity index is 1.36. The highest BCUT2D eigenvalue weighted by molar-refractivity contribution is 5.76. The average Bonchev–Trinajstić information content (AvgIpc) is 3.39. The van der Waals surface area contributed by atoms with E-state index in [2.05, 4.69) is 5.16 Å². The first-order chi connectivity index (χ1) is 14.0. The maximum absolute atomic E-state index is 13.0. The lowest BCUT2D eigenvalue weighted by atomic mass is 9.92. The predicted molar refractivity (Wildman–Crippen MR) is 99.3 cm³/mol. The molecule has 0 radical (unpaired) electrons. The van der Waals surface area contributed by atoms with Gasteiger partial charge in [-0.3, -0.25) is 0 Å². The number of ether oxygens (including phenoxy) is 2. The molecule has 1 aliphatic rings. The lowest BCUT2D eigenvalue weighted by Crippen LogP contribution is -2.49. The molecule has 0 bridgehead atoms. The van der Waals surface area contributed by atoms with Crippen LogP contribution >= 0.6 is 0 Å². The number of aromatic nitrogens is 1. The van der Waals surface area contributed by atoms with Crippen LogP contribution in [0.3, 0.4) is 0 Å². The summed E-state index contributed by atoms with van der Waals surface area (Å²) in [5.41, 5.74) is 0.949. The van der Waals surface area contributed by atoms with Crippen LogP contribution in [0.4, 0.5) is 4.39 Å². The molecule has 0 saturated carbocycles. The van der Waals surface area contributed by atoms with Gasteiger partial charge in [-0.15, -0.1) is 0 Å². The summed E-state index contributed by atoms with van der Waals surface area (Å²) in [4.78, 5) is 11.5. The van der Waals surface area contributed by atoms with Crippen LogP contribution in [-0.4, -0.2) is 23.3 Å². The van der Waals surface area contributed by atoms with Crippen molar-refractivity contribution in [1.82, 2.24) is 5.16 Å². The van der Waals surface area contributed by atoms with Crippen molar-refractivity contribution in [2.45, 2.75) is 31.5 Å². The van der Waals surface area contributed by atoms with Crippen LogP contribution in [0.5, 0.6) is 5.75 Å². The van der Waals surface area contributed by atoms with Crippen LogP contribution in [0.25, 0.3) is 11.3 Å².